The van der Waals surface area contributed by atoms with Gasteiger partial charge in [-0.1, -0.05) is 67.7 Å². The maximum absolute atomic E-state index is 12.5. The summed E-state index contributed by atoms with van der Waals surface area (Å²) in [6, 6.07) is 16.1. The first-order valence-corrected chi connectivity index (χ1v) is 10.2. The highest BCUT2D eigenvalue weighted by Gasteiger charge is 2.24. The lowest BCUT2D eigenvalue weighted by Crippen LogP contribution is -2.28. The third-order valence-corrected chi connectivity index (χ3v) is 5.20. The van der Waals surface area contributed by atoms with E-state index in [-0.39, 0.29) is 17.3 Å². The Hall–Kier alpha value is -2.58. The number of hydrogen-bond donors (Lipinski definition) is 1. The fourth-order valence-electron chi connectivity index (χ4n) is 2.73. The van der Waals surface area contributed by atoms with Crippen LogP contribution < -0.4 is 5.32 Å². The molecule has 0 aliphatic carbocycles. The normalized spacial score (nSPS) is 11.1. The Morgan fingerprint density at radius 1 is 0.967 bits per heavy atom. The molecule has 30 heavy (non-hydrogen) atoms. The second-order valence-corrected chi connectivity index (χ2v) is 9.01. The van der Waals surface area contributed by atoms with E-state index in [0.29, 0.717) is 31.9 Å². The van der Waals surface area contributed by atoms with E-state index in [1.165, 1.54) is 0 Å². The molecule has 1 N–H and O–H groups in total. The number of aromatic nitrogens is 1. The highest BCUT2D eigenvalue weighted by Crippen LogP contribution is 2.38. The highest BCUT2D eigenvalue weighted by atomic mass is 35.5. The lowest BCUT2D eigenvalue weighted by Gasteiger charge is -2.19. The van der Waals surface area contributed by atoms with Gasteiger partial charge in [-0.15, -0.1) is 0 Å². The van der Waals surface area contributed by atoms with E-state index in [1.807, 2.05) is 12.1 Å². The van der Waals surface area contributed by atoms with Gasteiger partial charge in [-0.25, -0.2) is 4.98 Å². The minimum atomic E-state index is -0.651. The quantitative estimate of drug-likeness (QED) is 0.450. The molecule has 2 aromatic carbocycles. The molecule has 0 unspecified atom stereocenters. The third-order valence-electron chi connectivity index (χ3n) is 4.40. The van der Waals surface area contributed by atoms with Crippen molar-refractivity contribution in [2.24, 2.45) is 5.41 Å². The number of rotatable bonds is 3. The Morgan fingerprint density at radius 2 is 1.60 bits per heavy atom. The first-order chi connectivity index (χ1) is 14.1. The first-order valence-electron chi connectivity index (χ1n) is 9.08. The molecule has 0 aliphatic rings. The van der Waals surface area contributed by atoms with Gasteiger partial charge in [-0.3, -0.25) is 4.79 Å². The summed E-state index contributed by atoms with van der Waals surface area (Å²) in [5, 5.41) is 14.0. The zero-order valence-electron chi connectivity index (χ0n) is 16.6. The summed E-state index contributed by atoms with van der Waals surface area (Å²) in [6.45, 7) is 5.36. The van der Waals surface area contributed by atoms with Crippen LogP contribution in [0.2, 0.25) is 15.1 Å². The van der Waals surface area contributed by atoms with Crippen molar-refractivity contribution >= 4 is 46.5 Å². The largest absolute Gasteiger partial charge is 0.309 e. The van der Waals surface area contributed by atoms with Crippen LogP contribution in [0.4, 0.5) is 5.82 Å². The minimum Gasteiger partial charge on any atom is -0.309 e. The Morgan fingerprint density at radius 3 is 2.17 bits per heavy atom. The standard InChI is InChI=1S/C23H18Cl3N3O/c1-23(2,3)22(30)29-21-14(12-27)10-18(13-4-6-15(24)7-5-13)20(28-21)17-9-8-16(25)11-19(17)26/h4-11H,1-3H3,(H,28,29,30). The minimum absolute atomic E-state index is 0.177. The van der Waals surface area contributed by atoms with Gasteiger partial charge in [0.25, 0.3) is 0 Å². The number of nitrogens with zero attached hydrogens (tertiary/aromatic N) is 2. The van der Waals surface area contributed by atoms with Gasteiger partial charge in [0.2, 0.25) is 5.91 Å². The van der Waals surface area contributed by atoms with Crippen LogP contribution in [-0.4, -0.2) is 10.9 Å². The van der Waals surface area contributed by atoms with Crippen molar-refractivity contribution in [3.05, 3.63) is 69.2 Å². The van der Waals surface area contributed by atoms with Crippen molar-refractivity contribution < 1.29 is 4.79 Å². The number of carbonyl (C=O) groups excluding carboxylic acids is 1. The van der Waals surface area contributed by atoms with Gasteiger partial charge in [0.1, 0.15) is 6.07 Å². The van der Waals surface area contributed by atoms with E-state index >= 15 is 0 Å². The van der Waals surface area contributed by atoms with Crippen LogP contribution in [0, 0.1) is 16.7 Å². The number of nitriles is 1. The molecule has 0 bridgehead atoms. The van der Waals surface area contributed by atoms with Crippen LogP contribution in [0.15, 0.2) is 48.5 Å². The zero-order valence-corrected chi connectivity index (χ0v) is 18.8. The average molecular weight is 459 g/mol. The molecule has 0 radical (unpaired) electrons. The second kappa shape index (κ2) is 8.65. The molecule has 4 nitrogen and oxygen atoms in total. The monoisotopic (exact) mass is 457 g/mol. The fourth-order valence-corrected chi connectivity index (χ4v) is 3.35. The SMILES string of the molecule is CC(C)(C)C(=O)Nc1nc(-c2ccc(Cl)cc2Cl)c(-c2ccc(Cl)cc2)cc1C#N. The van der Waals surface area contributed by atoms with Crippen LogP contribution in [0.1, 0.15) is 26.3 Å². The number of halogens is 3. The highest BCUT2D eigenvalue weighted by molar-refractivity contribution is 6.36. The van der Waals surface area contributed by atoms with E-state index in [1.54, 1.807) is 57.2 Å². The van der Waals surface area contributed by atoms with Crippen molar-refractivity contribution in [1.82, 2.24) is 4.98 Å². The predicted octanol–water partition coefficient (Wildman–Crippen LogP) is 7.23. The lowest BCUT2D eigenvalue weighted by molar-refractivity contribution is -0.123. The number of carbonyl (C=O) groups is 1. The van der Waals surface area contributed by atoms with Gasteiger partial charge in [-0.2, -0.15) is 5.26 Å². The molecular formula is C23H18Cl3N3O. The summed E-state index contributed by atoms with van der Waals surface area (Å²) in [5.74, 6) is -0.0740. The molecular weight excluding hydrogens is 441 g/mol. The molecule has 1 amide bonds. The molecule has 0 atom stereocenters. The summed E-state index contributed by atoms with van der Waals surface area (Å²) in [4.78, 5) is 17.2. The van der Waals surface area contributed by atoms with Crippen molar-refractivity contribution in [2.45, 2.75) is 20.8 Å². The maximum Gasteiger partial charge on any atom is 0.230 e. The Balaban J connectivity index is 2.27. The van der Waals surface area contributed by atoms with E-state index in [9.17, 15) is 10.1 Å². The zero-order chi connectivity index (χ0) is 22.1. The van der Waals surface area contributed by atoms with Crippen molar-refractivity contribution in [3.8, 4) is 28.5 Å². The summed E-state index contributed by atoms with van der Waals surface area (Å²) < 4.78 is 0. The van der Waals surface area contributed by atoms with Crippen molar-refractivity contribution in [2.75, 3.05) is 5.32 Å². The molecule has 0 spiro atoms. The molecule has 0 fully saturated rings. The van der Waals surface area contributed by atoms with Gasteiger partial charge < -0.3 is 5.32 Å². The summed E-state index contributed by atoms with van der Waals surface area (Å²) in [5.41, 5.74) is 2.22. The van der Waals surface area contributed by atoms with E-state index < -0.39 is 5.41 Å². The topological polar surface area (TPSA) is 65.8 Å². The molecule has 152 valence electrons. The number of anilines is 1. The Kier molecular flexibility index (Phi) is 6.38. The van der Waals surface area contributed by atoms with Crippen LogP contribution >= 0.6 is 34.8 Å². The average Bonchev–Trinajstić information content (AvgIpc) is 2.68. The van der Waals surface area contributed by atoms with E-state index in [4.69, 9.17) is 34.8 Å². The molecule has 3 rings (SSSR count). The van der Waals surface area contributed by atoms with Gasteiger partial charge in [-0.05, 0) is 42.0 Å². The first kappa shape index (κ1) is 22.1. The Bertz CT molecular complexity index is 1160. The number of benzene rings is 2. The third kappa shape index (κ3) is 4.76. The molecule has 0 aliphatic heterocycles. The van der Waals surface area contributed by atoms with Crippen LogP contribution in [0.3, 0.4) is 0 Å². The Labute approximate surface area is 190 Å². The van der Waals surface area contributed by atoms with Gasteiger partial charge in [0.05, 0.1) is 16.3 Å². The molecule has 1 aromatic heterocycles. The van der Waals surface area contributed by atoms with Gasteiger partial charge in [0.15, 0.2) is 5.82 Å². The number of nitrogens with one attached hydrogen (secondary N) is 1. The molecule has 1 heterocycles. The smallest absolute Gasteiger partial charge is 0.230 e. The summed E-state index contributed by atoms with van der Waals surface area (Å²) in [7, 11) is 0. The molecule has 3 aromatic rings. The van der Waals surface area contributed by atoms with Crippen LogP contribution in [0.5, 0.6) is 0 Å². The molecule has 0 saturated heterocycles. The number of pyridine rings is 1. The molecule has 7 heteroatoms. The summed E-state index contributed by atoms with van der Waals surface area (Å²) in [6.07, 6.45) is 0. The van der Waals surface area contributed by atoms with Gasteiger partial charge >= 0.3 is 0 Å². The van der Waals surface area contributed by atoms with E-state index in [2.05, 4.69) is 16.4 Å². The maximum atomic E-state index is 12.5. The lowest BCUT2D eigenvalue weighted by atomic mass is 9.95. The number of amides is 1. The summed E-state index contributed by atoms with van der Waals surface area (Å²) >= 11 is 18.5. The fraction of sp³-hybridized carbons (Fsp3) is 0.174. The van der Waals surface area contributed by atoms with Crippen LogP contribution in [-0.2, 0) is 4.79 Å². The number of hydrogen-bond acceptors (Lipinski definition) is 3. The van der Waals surface area contributed by atoms with E-state index in [0.717, 1.165) is 5.56 Å². The van der Waals surface area contributed by atoms with Crippen molar-refractivity contribution in [1.29, 1.82) is 5.26 Å². The van der Waals surface area contributed by atoms with Crippen molar-refractivity contribution in [3.63, 3.8) is 0 Å². The van der Waals surface area contributed by atoms with Gasteiger partial charge in [0, 0.05) is 26.6 Å². The predicted molar refractivity (Wildman–Crippen MR) is 123 cm³/mol. The second-order valence-electron chi connectivity index (χ2n) is 7.73. The molecule has 0 saturated carbocycles. The van der Waals surface area contributed by atoms with Crippen LogP contribution in [0.25, 0.3) is 22.4 Å².